The van der Waals surface area contributed by atoms with Crippen LogP contribution >= 0.6 is 11.6 Å². The van der Waals surface area contributed by atoms with Gasteiger partial charge in [-0.2, -0.15) is 0 Å². The van der Waals surface area contributed by atoms with Crippen LogP contribution in [-0.2, 0) is 0 Å². The molecule has 4 heteroatoms. The van der Waals surface area contributed by atoms with Crippen LogP contribution in [0.2, 0.25) is 5.02 Å². The van der Waals surface area contributed by atoms with Gasteiger partial charge in [-0.3, -0.25) is 4.98 Å². The van der Waals surface area contributed by atoms with Gasteiger partial charge in [-0.25, -0.2) is 0 Å². The van der Waals surface area contributed by atoms with E-state index in [1.165, 1.54) is 0 Å². The quantitative estimate of drug-likeness (QED) is 0.918. The van der Waals surface area contributed by atoms with E-state index in [2.05, 4.69) is 36.2 Å². The average molecular weight is 264 g/mol. The maximum atomic E-state index is 5.97. The van der Waals surface area contributed by atoms with E-state index in [0.29, 0.717) is 11.1 Å². The molecule has 1 N–H and O–H groups in total. The molecule has 0 spiro atoms. The highest BCUT2D eigenvalue weighted by Gasteiger charge is 2.06. The summed E-state index contributed by atoms with van der Waals surface area (Å²) in [7, 11) is 4.16. The Morgan fingerprint density at radius 1 is 1.33 bits per heavy atom. The van der Waals surface area contributed by atoms with Crippen LogP contribution in [0.1, 0.15) is 6.92 Å². The Bertz CT molecular complexity index is 540. The molecule has 0 aliphatic heterocycles. The van der Waals surface area contributed by atoms with Gasteiger partial charge in [0.25, 0.3) is 0 Å². The lowest BCUT2D eigenvalue weighted by atomic mass is 10.2. The zero-order valence-corrected chi connectivity index (χ0v) is 11.7. The molecule has 0 saturated heterocycles. The second kappa shape index (κ2) is 5.55. The van der Waals surface area contributed by atoms with E-state index in [1.807, 2.05) is 24.3 Å². The summed E-state index contributed by atoms with van der Waals surface area (Å²) in [5, 5.41) is 5.28. The largest absolute Gasteiger partial charge is 0.383 e. The summed E-state index contributed by atoms with van der Waals surface area (Å²) in [5.74, 6) is 0. The van der Waals surface area contributed by atoms with Crippen molar-refractivity contribution in [1.29, 1.82) is 0 Å². The molecule has 0 radical (unpaired) electrons. The van der Waals surface area contributed by atoms with E-state index in [-0.39, 0.29) is 0 Å². The highest BCUT2D eigenvalue weighted by atomic mass is 35.5. The molecule has 0 aliphatic rings. The van der Waals surface area contributed by atoms with Crippen molar-refractivity contribution in [3.05, 3.63) is 35.5 Å². The summed E-state index contributed by atoms with van der Waals surface area (Å²) in [6.45, 7) is 3.09. The average Bonchev–Trinajstić information content (AvgIpc) is 2.35. The lowest BCUT2D eigenvalue weighted by Crippen LogP contribution is -2.31. The Kier molecular flexibility index (Phi) is 4.04. The number of halogens is 1. The maximum absolute atomic E-state index is 5.97. The first-order chi connectivity index (χ1) is 8.58. The summed E-state index contributed by atoms with van der Waals surface area (Å²) in [5.41, 5.74) is 2.02. The molecule has 18 heavy (non-hydrogen) atoms. The van der Waals surface area contributed by atoms with Crippen molar-refractivity contribution in [2.45, 2.75) is 13.0 Å². The Morgan fingerprint density at radius 3 is 2.83 bits per heavy atom. The number of nitrogens with one attached hydrogen (secondary N) is 1. The van der Waals surface area contributed by atoms with Crippen molar-refractivity contribution in [2.24, 2.45) is 0 Å². The molecule has 2 aromatic rings. The van der Waals surface area contributed by atoms with Crippen LogP contribution in [0.5, 0.6) is 0 Å². The molecule has 3 nitrogen and oxygen atoms in total. The third kappa shape index (κ3) is 2.92. The molecular formula is C14H18ClN3. The van der Waals surface area contributed by atoms with Gasteiger partial charge in [0, 0.05) is 34.9 Å². The first-order valence-corrected chi connectivity index (χ1v) is 6.40. The van der Waals surface area contributed by atoms with Crippen LogP contribution in [0.3, 0.4) is 0 Å². The Balaban J connectivity index is 2.23. The normalized spacial score (nSPS) is 12.9. The van der Waals surface area contributed by atoms with Gasteiger partial charge in [0.15, 0.2) is 0 Å². The van der Waals surface area contributed by atoms with Gasteiger partial charge in [0.2, 0.25) is 0 Å². The molecule has 1 heterocycles. The van der Waals surface area contributed by atoms with E-state index in [9.17, 15) is 0 Å². The number of hydrogen-bond acceptors (Lipinski definition) is 3. The molecule has 96 valence electrons. The number of aromatic nitrogens is 1. The number of nitrogens with zero attached hydrogens (tertiary/aromatic N) is 2. The molecule has 0 fully saturated rings. The van der Waals surface area contributed by atoms with Gasteiger partial charge in [-0.15, -0.1) is 0 Å². The Morgan fingerprint density at radius 2 is 2.11 bits per heavy atom. The topological polar surface area (TPSA) is 28.2 Å². The molecule has 2 rings (SSSR count). The second-order valence-corrected chi connectivity index (χ2v) is 5.15. The van der Waals surface area contributed by atoms with Crippen molar-refractivity contribution >= 4 is 28.2 Å². The highest BCUT2D eigenvalue weighted by molar-refractivity contribution is 6.31. The lowest BCUT2D eigenvalue weighted by Gasteiger charge is -2.21. The van der Waals surface area contributed by atoms with Crippen molar-refractivity contribution in [3.8, 4) is 0 Å². The summed E-state index contributed by atoms with van der Waals surface area (Å²) < 4.78 is 0. The molecule has 0 saturated carbocycles. The zero-order chi connectivity index (χ0) is 13.1. The SMILES string of the molecule is CC(CNc1ccnc2cc(Cl)ccc12)N(C)C. The number of anilines is 1. The van der Waals surface area contributed by atoms with Gasteiger partial charge >= 0.3 is 0 Å². The third-order valence-corrected chi connectivity index (χ3v) is 3.41. The van der Waals surface area contributed by atoms with Crippen LogP contribution in [0.15, 0.2) is 30.5 Å². The number of pyridine rings is 1. The molecule has 1 unspecified atom stereocenters. The Hall–Kier alpha value is -1.32. The summed E-state index contributed by atoms with van der Waals surface area (Å²) in [6.07, 6.45) is 1.81. The molecular weight excluding hydrogens is 246 g/mol. The van der Waals surface area contributed by atoms with E-state index < -0.39 is 0 Å². The smallest absolute Gasteiger partial charge is 0.0737 e. The number of rotatable bonds is 4. The van der Waals surface area contributed by atoms with E-state index in [0.717, 1.165) is 23.1 Å². The minimum Gasteiger partial charge on any atom is -0.383 e. The fourth-order valence-electron chi connectivity index (χ4n) is 1.72. The molecule has 1 aromatic heterocycles. The third-order valence-electron chi connectivity index (χ3n) is 3.17. The predicted molar refractivity (Wildman–Crippen MR) is 78.4 cm³/mol. The van der Waals surface area contributed by atoms with Crippen molar-refractivity contribution in [3.63, 3.8) is 0 Å². The van der Waals surface area contributed by atoms with Gasteiger partial charge < -0.3 is 10.2 Å². The number of hydrogen-bond donors (Lipinski definition) is 1. The monoisotopic (exact) mass is 263 g/mol. The van der Waals surface area contributed by atoms with Crippen LogP contribution in [0, 0.1) is 0 Å². The fraction of sp³-hybridized carbons (Fsp3) is 0.357. The summed E-state index contributed by atoms with van der Waals surface area (Å²) in [4.78, 5) is 6.52. The summed E-state index contributed by atoms with van der Waals surface area (Å²) >= 11 is 5.97. The maximum Gasteiger partial charge on any atom is 0.0737 e. The van der Waals surface area contributed by atoms with Crippen molar-refractivity contribution in [2.75, 3.05) is 26.0 Å². The van der Waals surface area contributed by atoms with Gasteiger partial charge in [-0.05, 0) is 45.3 Å². The lowest BCUT2D eigenvalue weighted by molar-refractivity contribution is 0.326. The molecule has 0 aliphatic carbocycles. The first-order valence-electron chi connectivity index (χ1n) is 6.02. The van der Waals surface area contributed by atoms with Crippen LogP contribution in [-0.4, -0.2) is 36.6 Å². The number of likely N-dealkylation sites (N-methyl/N-ethyl adjacent to an activating group) is 1. The first kappa shape index (κ1) is 13.1. The molecule has 0 amide bonds. The zero-order valence-electron chi connectivity index (χ0n) is 10.9. The molecule has 1 atom stereocenters. The van der Waals surface area contributed by atoms with Gasteiger partial charge in [0.05, 0.1) is 5.52 Å². The van der Waals surface area contributed by atoms with E-state index >= 15 is 0 Å². The van der Waals surface area contributed by atoms with Crippen LogP contribution in [0.25, 0.3) is 10.9 Å². The number of benzene rings is 1. The minimum atomic E-state index is 0.473. The van der Waals surface area contributed by atoms with E-state index in [1.54, 1.807) is 6.20 Å². The number of fused-ring (bicyclic) bond motifs is 1. The van der Waals surface area contributed by atoms with Gasteiger partial charge in [-0.1, -0.05) is 11.6 Å². The minimum absolute atomic E-state index is 0.473. The predicted octanol–water partition coefficient (Wildman–Crippen LogP) is 3.25. The van der Waals surface area contributed by atoms with E-state index in [4.69, 9.17) is 11.6 Å². The Labute approximate surface area is 113 Å². The highest BCUT2D eigenvalue weighted by Crippen LogP contribution is 2.24. The molecule has 0 bridgehead atoms. The second-order valence-electron chi connectivity index (χ2n) is 4.71. The van der Waals surface area contributed by atoms with Crippen molar-refractivity contribution in [1.82, 2.24) is 9.88 Å². The fourth-order valence-corrected chi connectivity index (χ4v) is 1.88. The van der Waals surface area contributed by atoms with Crippen LogP contribution < -0.4 is 5.32 Å². The standard InChI is InChI=1S/C14H18ClN3/c1-10(18(2)3)9-17-13-6-7-16-14-8-11(15)4-5-12(13)14/h4-8,10H,9H2,1-3H3,(H,16,17). The summed E-state index contributed by atoms with van der Waals surface area (Å²) in [6, 6.07) is 8.26. The van der Waals surface area contributed by atoms with Crippen LogP contribution in [0.4, 0.5) is 5.69 Å². The molecule has 1 aromatic carbocycles. The van der Waals surface area contributed by atoms with Gasteiger partial charge in [0.1, 0.15) is 0 Å². The van der Waals surface area contributed by atoms with Crippen molar-refractivity contribution < 1.29 is 0 Å².